The molecule has 9 heteroatoms. The summed E-state index contributed by atoms with van der Waals surface area (Å²) in [4.78, 5) is 29.5. The number of aromatic nitrogens is 1. The summed E-state index contributed by atoms with van der Waals surface area (Å²) < 4.78 is 11.1. The Morgan fingerprint density at radius 1 is 1.00 bits per heavy atom. The Balaban J connectivity index is 1.78. The molecule has 0 aliphatic carbocycles. The second kappa shape index (κ2) is 12.8. The third-order valence-corrected chi connectivity index (χ3v) is 7.57. The van der Waals surface area contributed by atoms with Crippen LogP contribution in [0.25, 0.3) is 22.4 Å². The molecule has 4 rings (SSSR count). The van der Waals surface area contributed by atoms with Gasteiger partial charge in [-0.2, -0.15) is 5.26 Å². The highest BCUT2D eigenvalue weighted by molar-refractivity contribution is 8.00. The Hall–Kier alpha value is -4.81. The van der Waals surface area contributed by atoms with E-state index < -0.39 is 11.2 Å². The molecule has 0 saturated carbocycles. The maximum Gasteiger partial charge on any atom is 0.248 e. The number of pyridine rings is 1. The van der Waals surface area contributed by atoms with E-state index in [0.29, 0.717) is 56.6 Å². The molecular weight excluding hydrogens is 524 g/mol. The predicted molar refractivity (Wildman–Crippen MR) is 156 cm³/mol. The molecule has 1 atom stereocenters. The zero-order valence-electron chi connectivity index (χ0n) is 22.3. The van der Waals surface area contributed by atoms with Crippen LogP contribution in [0, 0.1) is 11.3 Å². The third kappa shape index (κ3) is 6.25. The van der Waals surface area contributed by atoms with Crippen LogP contribution in [0.2, 0.25) is 0 Å². The molecule has 0 fully saturated rings. The lowest BCUT2D eigenvalue weighted by Gasteiger charge is -2.18. The smallest absolute Gasteiger partial charge is 0.248 e. The van der Waals surface area contributed by atoms with E-state index in [1.54, 1.807) is 50.6 Å². The predicted octanol–water partition coefficient (Wildman–Crippen LogP) is 5.91. The van der Waals surface area contributed by atoms with Crippen molar-refractivity contribution in [2.24, 2.45) is 5.73 Å². The molecule has 0 aliphatic heterocycles. The summed E-state index contributed by atoms with van der Waals surface area (Å²) in [5.41, 5.74) is 9.33. The maximum absolute atomic E-state index is 13.3. The van der Waals surface area contributed by atoms with Gasteiger partial charge in [0.25, 0.3) is 0 Å². The largest absolute Gasteiger partial charge is 0.497 e. The summed E-state index contributed by atoms with van der Waals surface area (Å²) in [6, 6.07) is 25.5. The summed E-state index contributed by atoms with van der Waals surface area (Å²) in [6.45, 7) is 1.90. The van der Waals surface area contributed by atoms with E-state index in [4.69, 9.17) is 20.2 Å². The van der Waals surface area contributed by atoms with E-state index >= 15 is 0 Å². The summed E-state index contributed by atoms with van der Waals surface area (Å²) >= 11 is 1.22. The number of hydrogen-bond acceptors (Lipinski definition) is 7. The van der Waals surface area contributed by atoms with Crippen LogP contribution in [-0.4, -0.2) is 36.3 Å². The lowest BCUT2D eigenvalue weighted by Crippen LogP contribution is -2.25. The van der Waals surface area contributed by atoms with Crippen molar-refractivity contribution < 1.29 is 19.1 Å². The molecule has 2 amide bonds. The van der Waals surface area contributed by atoms with E-state index in [9.17, 15) is 14.9 Å². The number of nitrogens with zero attached hydrogens (tertiary/aromatic N) is 2. The third-order valence-electron chi connectivity index (χ3n) is 6.22. The number of methoxy groups -OCH3 is 2. The fraction of sp³-hybridized carbons (Fsp3) is 0.161. The van der Waals surface area contributed by atoms with Crippen LogP contribution in [0.5, 0.6) is 11.5 Å². The number of rotatable bonds is 10. The van der Waals surface area contributed by atoms with Crippen LogP contribution in [-0.2, 0) is 4.79 Å². The van der Waals surface area contributed by atoms with Crippen LogP contribution < -0.4 is 20.5 Å². The average molecular weight is 553 g/mol. The minimum atomic E-state index is -0.554. The summed E-state index contributed by atoms with van der Waals surface area (Å²) in [5, 5.41) is 13.1. The molecule has 0 aliphatic rings. The van der Waals surface area contributed by atoms with E-state index in [2.05, 4.69) is 11.4 Å². The molecule has 8 nitrogen and oxygen atoms in total. The van der Waals surface area contributed by atoms with Crippen LogP contribution in [0.1, 0.15) is 29.3 Å². The molecule has 1 heterocycles. The van der Waals surface area contributed by atoms with Gasteiger partial charge in [-0.15, -0.1) is 0 Å². The fourth-order valence-corrected chi connectivity index (χ4v) is 5.13. The standard InChI is InChI=1S/C31H28N4O4S/c1-4-28(30(37)34-21-12-10-20(11-13-21)29(33)36)40-31-25(18-32)23(17-26(35-31)19-8-6-5-7-9-19)24-16-22(38-2)14-15-27(24)39-3/h5-17,28H,4H2,1-3H3,(H2,33,36)(H,34,37). The zero-order valence-corrected chi connectivity index (χ0v) is 23.1. The lowest BCUT2D eigenvalue weighted by molar-refractivity contribution is -0.115. The van der Waals surface area contributed by atoms with Gasteiger partial charge in [0.05, 0.1) is 30.7 Å². The zero-order chi connectivity index (χ0) is 28.6. The summed E-state index contributed by atoms with van der Waals surface area (Å²) in [5.74, 6) is 0.384. The number of thioether (sulfide) groups is 1. The summed E-state index contributed by atoms with van der Waals surface area (Å²) in [7, 11) is 3.14. The molecule has 40 heavy (non-hydrogen) atoms. The highest BCUT2D eigenvalue weighted by atomic mass is 32.2. The number of ether oxygens (including phenoxy) is 2. The number of hydrogen-bond donors (Lipinski definition) is 2. The Labute approximate surface area is 237 Å². The minimum absolute atomic E-state index is 0.254. The molecule has 0 spiro atoms. The Morgan fingerprint density at radius 3 is 2.33 bits per heavy atom. The number of nitrogens with one attached hydrogen (secondary N) is 1. The number of nitrogens with two attached hydrogens (primary N) is 1. The van der Waals surface area contributed by atoms with Crippen LogP contribution in [0.4, 0.5) is 5.69 Å². The molecule has 4 aromatic rings. The first kappa shape index (κ1) is 28.2. The molecule has 3 N–H and O–H groups in total. The molecule has 0 bridgehead atoms. The quantitative estimate of drug-likeness (QED) is 0.234. The monoisotopic (exact) mass is 552 g/mol. The first-order valence-corrected chi connectivity index (χ1v) is 13.4. The number of benzene rings is 3. The number of primary amides is 1. The van der Waals surface area contributed by atoms with Crippen LogP contribution in [0.3, 0.4) is 0 Å². The molecule has 1 unspecified atom stereocenters. The molecule has 0 radical (unpaired) electrons. The van der Waals surface area contributed by atoms with Crippen LogP contribution >= 0.6 is 11.8 Å². The number of amides is 2. The molecule has 3 aromatic carbocycles. The van der Waals surface area contributed by atoms with E-state index in [0.717, 1.165) is 5.56 Å². The van der Waals surface area contributed by atoms with Crippen molar-refractivity contribution in [3.8, 4) is 40.0 Å². The van der Waals surface area contributed by atoms with Gasteiger partial charge < -0.3 is 20.5 Å². The van der Waals surface area contributed by atoms with Crippen molar-refractivity contribution >= 4 is 29.3 Å². The first-order chi connectivity index (χ1) is 19.4. The number of carbonyl (C=O) groups excluding carboxylic acids is 2. The Morgan fingerprint density at radius 2 is 1.73 bits per heavy atom. The van der Waals surface area contributed by atoms with Crippen molar-refractivity contribution in [2.75, 3.05) is 19.5 Å². The number of carbonyl (C=O) groups is 2. The minimum Gasteiger partial charge on any atom is -0.497 e. The SMILES string of the molecule is CCC(Sc1nc(-c2ccccc2)cc(-c2cc(OC)ccc2OC)c1C#N)C(=O)Nc1ccc(C(N)=O)cc1. The van der Waals surface area contributed by atoms with Gasteiger partial charge >= 0.3 is 0 Å². The van der Waals surface area contributed by atoms with Gasteiger partial charge in [0.1, 0.15) is 22.6 Å². The topological polar surface area (TPSA) is 127 Å². The van der Waals surface area contributed by atoms with Gasteiger partial charge in [-0.1, -0.05) is 49.0 Å². The lowest BCUT2D eigenvalue weighted by atomic mass is 9.98. The molecule has 1 aromatic heterocycles. The van der Waals surface area contributed by atoms with Crippen molar-refractivity contribution in [3.63, 3.8) is 0 Å². The van der Waals surface area contributed by atoms with Crippen molar-refractivity contribution in [1.29, 1.82) is 5.26 Å². The highest BCUT2D eigenvalue weighted by Gasteiger charge is 2.25. The number of anilines is 1. The van der Waals surface area contributed by atoms with E-state index in [1.165, 1.54) is 11.8 Å². The average Bonchev–Trinajstić information content (AvgIpc) is 2.99. The first-order valence-electron chi connectivity index (χ1n) is 12.5. The normalized spacial score (nSPS) is 11.2. The highest BCUT2D eigenvalue weighted by Crippen LogP contribution is 2.41. The van der Waals surface area contributed by atoms with Gasteiger partial charge in [0, 0.05) is 27.9 Å². The second-order valence-electron chi connectivity index (χ2n) is 8.72. The molecular formula is C31H28N4O4S. The molecule has 0 saturated heterocycles. The van der Waals surface area contributed by atoms with Crippen molar-refractivity contribution in [3.05, 3.63) is 90.0 Å². The Kier molecular flexibility index (Phi) is 9.04. The van der Waals surface area contributed by atoms with Gasteiger partial charge in [-0.3, -0.25) is 9.59 Å². The maximum atomic E-state index is 13.3. The Bertz CT molecular complexity index is 1570. The van der Waals surface area contributed by atoms with Gasteiger partial charge in [0.15, 0.2) is 0 Å². The fourth-order valence-electron chi connectivity index (χ4n) is 4.11. The van der Waals surface area contributed by atoms with E-state index in [1.807, 2.05) is 49.4 Å². The van der Waals surface area contributed by atoms with Gasteiger partial charge in [0.2, 0.25) is 11.8 Å². The van der Waals surface area contributed by atoms with Crippen molar-refractivity contribution in [2.45, 2.75) is 23.6 Å². The van der Waals surface area contributed by atoms with Gasteiger partial charge in [-0.25, -0.2) is 4.98 Å². The number of nitriles is 1. The molecule has 202 valence electrons. The summed E-state index contributed by atoms with van der Waals surface area (Å²) in [6.07, 6.45) is 0.482. The van der Waals surface area contributed by atoms with Crippen LogP contribution in [0.15, 0.2) is 83.9 Å². The van der Waals surface area contributed by atoms with Crippen molar-refractivity contribution in [1.82, 2.24) is 4.98 Å². The van der Waals surface area contributed by atoms with Gasteiger partial charge in [-0.05, 0) is 55.0 Å². The second-order valence-corrected chi connectivity index (χ2v) is 9.92. The van der Waals surface area contributed by atoms with E-state index in [-0.39, 0.29) is 5.91 Å².